The highest BCUT2D eigenvalue weighted by Gasteiger charge is 2.62. The van der Waals surface area contributed by atoms with Gasteiger partial charge in [0, 0.05) is 22.6 Å². The van der Waals surface area contributed by atoms with Crippen LogP contribution in [-0.2, 0) is 4.79 Å². The lowest BCUT2D eigenvalue weighted by Crippen LogP contribution is -2.54. The van der Waals surface area contributed by atoms with Crippen LogP contribution in [-0.4, -0.2) is 23.1 Å². The molecule has 5 heteroatoms. The minimum absolute atomic E-state index is 0.164. The van der Waals surface area contributed by atoms with E-state index in [1.807, 2.05) is 0 Å². The van der Waals surface area contributed by atoms with Gasteiger partial charge in [-0.25, -0.2) is 0 Å². The lowest BCUT2D eigenvalue weighted by molar-refractivity contribution is -0.130. The zero-order chi connectivity index (χ0) is 20.9. The summed E-state index contributed by atoms with van der Waals surface area (Å²) >= 11 is 0.220. The molecular formula is C25H29FO3S. The van der Waals surface area contributed by atoms with Gasteiger partial charge in [-0.05, 0) is 80.2 Å². The molecule has 0 amide bonds. The van der Waals surface area contributed by atoms with E-state index in [-0.39, 0.29) is 30.0 Å². The Labute approximate surface area is 182 Å². The normalized spacial score (nSPS) is 39.7. The van der Waals surface area contributed by atoms with Gasteiger partial charge >= 0.3 is 0 Å². The Morgan fingerprint density at radius 2 is 2.00 bits per heavy atom. The van der Waals surface area contributed by atoms with Crippen LogP contribution in [0.2, 0.25) is 0 Å². The summed E-state index contributed by atoms with van der Waals surface area (Å²) < 4.78 is 18.7. The summed E-state index contributed by atoms with van der Waals surface area (Å²) in [6.45, 7) is 2.53. The molecule has 0 spiro atoms. The maximum Gasteiger partial charge on any atom is 0.159 e. The van der Waals surface area contributed by atoms with Gasteiger partial charge in [-0.2, -0.15) is 3.89 Å². The third-order valence-corrected chi connectivity index (χ3v) is 9.06. The van der Waals surface area contributed by atoms with Crippen molar-refractivity contribution >= 4 is 17.9 Å². The molecular weight excluding hydrogens is 399 g/mol. The largest absolute Gasteiger partial charge is 0.491 e. The molecule has 1 aromatic rings. The number of ether oxygens (including phenoxy) is 1. The molecule has 4 aliphatic carbocycles. The summed E-state index contributed by atoms with van der Waals surface area (Å²) in [5.74, 6) is 2.92. The second kappa shape index (κ2) is 7.52. The van der Waals surface area contributed by atoms with Crippen molar-refractivity contribution in [1.29, 1.82) is 0 Å². The summed E-state index contributed by atoms with van der Waals surface area (Å²) in [4.78, 5) is 12.4. The minimum Gasteiger partial charge on any atom is -0.491 e. The standard InChI is InChI=1S/C25H29FO3S/c1-24-12-10-21-20-9-3-17(27)14-16(20)2-8-22(21)23(24)11-13-25(24,28)15-29-18-4-6-19(30-26)7-5-18/h2-7,9,20-23,28H,8,10-15H2,1H3/t20-,21+,22+,23-,24-,25?/m0/s1. The van der Waals surface area contributed by atoms with Crippen LogP contribution in [0.3, 0.4) is 0 Å². The average Bonchev–Trinajstić information content (AvgIpc) is 3.03. The van der Waals surface area contributed by atoms with Gasteiger partial charge in [-0.1, -0.05) is 24.6 Å². The molecule has 1 aromatic carbocycles. The van der Waals surface area contributed by atoms with Gasteiger partial charge in [0.05, 0.1) is 12.1 Å². The van der Waals surface area contributed by atoms with E-state index in [1.54, 1.807) is 30.3 Å². The SMILES string of the molecule is C[C@]12CC[C@H]3[C@@H](CC=C4CC(=O)C=C[C@@H]43)[C@@H]1CCC2(O)COc1ccc(SF)cc1. The first-order valence-electron chi connectivity index (χ1n) is 11.1. The lowest BCUT2D eigenvalue weighted by atomic mass is 9.52. The number of aliphatic hydroxyl groups is 1. The first-order chi connectivity index (χ1) is 14.4. The second-order valence-corrected chi connectivity index (χ2v) is 10.5. The van der Waals surface area contributed by atoms with Crippen molar-refractivity contribution in [3.8, 4) is 5.75 Å². The van der Waals surface area contributed by atoms with Crippen molar-refractivity contribution in [3.63, 3.8) is 0 Å². The van der Waals surface area contributed by atoms with Gasteiger partial charge in [-0.3, -0.25) is 4.79 Å². The quantitative estimate of drug-likeness (QED) is 0.626. The van der Waals surface area contributed by atoms with E-state index >= 15 is 0 Å². The number of ketones is 1. The predicted octanol–water partition coefficient (Wildman–Crippen LogP) is 5.69. The van der Waals surface area contributed by atoms with E-state index in [2.05, 4.69) is 19.1 Å². The van der Waals surface area contributed by atoms with Crippen molar-refractivity contribution in [2.24, 2.45) is 29.1 Å². The molecule has 6 atom stereocenters. The van der Waals surface area contributed by atoms with Gasteiger partial charge in [0.15, 0.2) is 5.78 Å². The van der Waals surface area contributed by atoms with Crippen LogP contribution in [0.25, 0.3) is 0 Å². The van der Waals surface area contributed by atoms with Crippen molar-refractivity contribution in [3.05, 3.63) is 48.1 Å². The molecule has 2 fully saturated rings. The first-order valence-corrected chi connectivity index (χ1v) is 11.8. The van der Waals surface area contributed by atoms with Crippen LogP contribution in [0.5, 0.6) is 5.75 Å². The average molecular weight is 429 g/mol. The third kappa shape index (κ3) is 3.16. The zero-order valence-electron chi connectivity index (χ0n) is 17.4. The Balaban J connectivity index is 1.33. The van der Waals surface area contributed by atoms with Gasteiger partial charge in [0.25, 0.3) is 0 Å². The molecule has 5 rings (SSSR count). The van der Waals surface area contributed by atoms with Crippen molar-refractivity contribution in [2.45, 2.75) is 55.9 Å². The highest BCUT2D eigenvalue weighted by Crippen LogP contribution is 2.64. The predicted molar refractivity (Wildman–Crippen MR) is 116 cm³/mol. The molecule has 0 saturated heterocycles. The first kappa shape index (κ1) is 20.3. The van der Waals surface area contributed by atoms with E-state index in [0.29, 0.717) is 40.7 Å². The maximum atomic E-state index is 12.7. The number of hydrogen-bond acceptors (Lipinski definition) is 4. The van der Waals surface area contributed by atoms with E-state index in [4.69, 9.17) is 4.74 Å². The van der Waals surface area contributed by atoms with E-state index in [0.717, 1.165) is 32.1 Å². The van der Waals surface area contributed by atoms with E-state index in [9.17, 15) is 13.8 Å². The summed E-state index contributed by atoms with van der Waals surface area (Å²) in [7, 11) is 0. The molecule has 0 aromatic heterocycles. The molecule has 0 heterocycles. The Morgan fingerprint density at radius 3 is 2.77 bits per heavy atom. The van der Waals surface area contributed by atoms with Gasteiger partial charge in [0.2, 0.25) is 0 Å². The van der Waals surface area contributed by atoms with Crippen molar-refractivity contribution in [2.75, 3.05) is 6.61 Å². The zero-order valence-corrected chi connectivity index (χ0v) is 18.2. The summed E-state index contributed by atoms with van der Waals surface area (Å²) in [5.41, 5.74) is 0.305. The smallest absolute Gasteiger partial charge is 0.159 e. The number of hydrogen-bond donors (Lipinski definition) is 1. The number of rotatable bonds is 4. The van der Waals surface area contributed by atoms with Crippen LogP contribution in [0.15, 0.2) is 53.0 Å². The second-order valence-electron chi connectivity index (χ2n) is 9.84. The lowest BCUT2D eigenvalue weighted by Gasteiger charge is -2.54. The van der Waals surface area contributed by atoms with Crippen molar-refractivity contribution < 1.29 is 18.5 Å². The molecule has 0 bridgehead atoms. The third-order valence-electron chi connectivity index (χ3n) is 8.61. The number of fused-ring (bicyclic) bond motifs is 5. The molecule has 3 nitrogen and oxygen atoms in total. The number of allylic oxidation sites excluding steroid dienone is 4. The molecule has 1 N–H and O–H groups in total. The van der Waals surface area contributed by atoms with E-state index in [1.165, 1.54) is 5.57 Å². The topological polar surface area (TPSA) is 46.5 Å². The maximum absolute atomic E-state index is 12.7. The van der Waals surface area contributed by atoms with Crippen LogP contribution in [0.1, 0.15) is 45.4 Å². The number of carbonyl (C=O) groups excluding carboxylic acids is 1. The highest BCUT2D eigenvalue weighted by molar-refractivity contribution is 7.94. The Hall–Kier alpha value is -1.59. The van der Waals surface area contributed by atoms with Crippen LogP contribution in [0.4, 0.5) is 3.89 Å². The molecule has 160 valence electrons. The summed E-state index contributed by atoms with van der Waals surface area (Å²) in [6.07, 6.45) is 11.7. The molecule has 0 aliphatic heterocycles. The number of halogens is 1. The number of benzene rings is 1. The highest BCUT2D eigenvalue weighted by atomic mass is 32.2. The number of carbonyl (C=O) groups is 1. The van der Waals surface area contributed by atoms with E-state index < -0.39 is 5.60 Å². The van der Waals surface area contributed by atoms with Gasteiger partial charge in [0.1, 0.15) is 18.0 Å². The van der Waals surface area contributed by atoms with Crippen LogP contribution >= 0.6 is 12.1 Å². The summed E-state index contributed by atoms with van der Waals surface area (Å²) in [5, 5.41) is 11.7. The molecule has 30 heavy (non-hydrogen) atoms. The monoisotopic (exact) mass is 428 g/mol. The van der Waals surface area contributed by atoms with Gasteiger partial charge < -0.3 is 9.84 Å². The van der Waals surface area contributed by atoms with Crippen LogP contribution in [0, 0.1) is 29.1 Å². The minimum atomic E-state index is -0.849. The fraction of sp³-hybridized carbons (Fsp3) is 0.560. The molecule has 2 saturated carbocycles. The molecule has 4 aliphatic rings. The fourth-order valence-electron chi connectivity index (χ4n) is 6.87. The Kier molecular flexibility index (Phi) is 5.10. The molecule has 0 radical (unpaired) electrons. The Morgan fingerprint density at radius 1 is 1.20 bits per heavy atom. The molecule has 1 unspecified atom stereocenters. The van der Waals surface area contributed by atoms with Crippen molar-refractivity contribution in [1.82, 2.24) is 0 Å². The summed E-state index contributed by atoms with van der Waals surface area (Å²) in [6, 6.07) is 6.92. The van der Waals surface area contributed by atoms with Gasteiger partial charge in [-0.15, -0.1) is 0 Å². The van der Waals surface area contributed by atoms with Crippen LogP contribution < -0.4 is 4.74 Å². The fourth-order valence-corrected chi connectivity index (χ4v) is 7.10. The Bertz CT molecular complexity index is 894.